The molecule has 0 saturated carbocycles. The van der Waals surface area contributed by atoms with Crippen LogP contribution in [0.4, 0.5) is 10.2 Å². The average molecular weight is 357 g/mol. The third-order valence-corrected chi connectivity index (χ3v) is 4.60. The summed E-state index contributed by atoms with van der Waals surface area (Å²) < 4.78 is 13.4. The van der Waals surface area contributed by atoms with E-state index in [1.807, 2.05) is 6.07 Å². The first-order valence-corrected chi connectivity index (χ1v) is 8.73. The van der Waals surface area contributed by atoms with Gasteiger partial charge in [-0.3, -0.25) is 4.79 Å². The van der Waals surface area contributed by atoms with Crippen LogP contribution in [0.3, 0.4) is 0 Å². The second-order valence-electron chi connectivity index (χ2n) is 7.25. The zero-order chi connectivity index (χ0) is 18.7. The molecule has 0 bridgehead atoms. The van der Waals surface area contributed by atoms with Gasteiger partial charge in [-0.25, -0.2) is 14.4 Å². The number of hydrogen-bond donors (Lipinski definition) is 3. The van der Waals surface area contributed by atoms with Crippen molar-refractivity contribution in [1.29, 1.82) is 0 Å². The molecule has 0 radical (unpaired) electrons. The minimum absolute atomic E-state index is 0.264. The van der Waals surface area contributed by atoms with Gasteiger partial charge in [0.05, 0.1) is 11.1 Å². The van der Waals surface area contributed by atoms with Gasteiger partial charge in [0.1, 0.15) is 17.5 Å². The van der Waals surface area contributed by atoms with E-state index in [4.69, 9.17) is 5.73 Å². The lowest BCUT2D eigenvalue weighted by atomic mass is 9.88. The van der Waals surface area contributed by atoms with E-state index in [9.17, 15) is 9.18 Å². The van der Waals surface area contributed by atoms with Crippen LogP contribution in [-0.4, -0.2) is 22.4 Å². The maximum absolute atomic E-state index is 13.4. The fourth-order valence-electron chi connectivity index (χ4n) is 2.93. The maximum atomic E-state index is 13.4. The highest BCUT2D eigenvalue weighted by molar-refractivity contribution is 5.80. The van der Waals surface area contributed by atoms with Gasteiger partial charge < -0.3 is 16.4 Å². The normalized spacial score (nSPS) is 14.0. The Morgan fingerprint density at radius 1 is 1.38 bits per heavy atom. The molecule has 0 spiro atoms. The van der Waals surface area contributed by atoms with E-state index in [1.54, 1.807) is 19.9 Å². The number of anilines is 1. The van der Waals surface area contributed by atoms with Crippen LogP contribution in [0.1, 0.15) is 36.5 Å². The van der Waals surface area contributed by atoms with Crippen molar-refractivity contribution in [1.82, 2.24) is 15.3 Å². The van der Waals surface area contributed by atoms with Gasteiger partial charge in [0.2, 0.25) is 5.91 Å². The van der Waals surface area contributed by atoms with Crippen LogP contribution in [0.15, 0.2) is 24.3 Å². The summed E-state index contributed by atoms with van der Waals surface area (Å²) >= 11 is 0. The van der Waals surface area contributed by atoms with Crippen molar-refractivity contribution in [3.8, 4) is 0 Å². The summed E-state index contributed by atoms with van der Waals surface area (Å²) in [6, 6.07) is 6.46. The number of hydrogen-bond acceptors (Lipinski definition) is 5. The van der Waals surface area contributed by atoms with Crippen LogP contribution < -0.4 is 16.4 Å². The van der Waals surface area contributed by atoms with Crippen LogP contribution in [0.5, 0.6) is 0 Å². The highest BCUT2D eigenvalue weighted by Crippen LogP contribution is 2.25. The summed E-state index contributed by atoms with van der Waals surface area (Å²) in [5.74, 6) is 0.673. The summed E-state index contributed by atoms with van der Waals surface area (Å²) in [7, 11) is 0. The topological polar surface area (TPSA) is 92.9 Å². The van der Waals surface area contributed by atoms with Crippen LogP contribution >= 0.6 is 0 Å². The molecule has 2 aromatic rings. The Bertz CT molecular complexity index is 822. The van der Waals surface area contributed by atoms with E-state index in [0.717, 1.165) is 35.6 Å². The van der Waals surface area contributed by atoms with Crippen molar-refractivity contribution in [3.63, 3.8) is 0 Å². The van der Waals surface area contributed by atoms with E-state index in [2.05, 4.69) is 20.6 Å². The zero-order valence-corrected chi connectivity index (χ0v) is 15.1. The Morgan fingerprint density at radius 2 is 2.19 bits per heavy atom. The van der Waals surface area contributed by atoms with Crippen molar-refractivity contribution in [2.75, 3.05) is 11.9 Å². The molecule has 0 unspecified atom stereocenters. The fourth-order valence-corrected chi connectivity index (χ4v) is 2.93. The molecule has 1 aromatic heterocycles. The van der Waals surface area contributed by atoms with Crippen LogP contribution in [0.25, 0.3) is 0 Å². The number of fused-ring (bicyclic) bond motifs is 1. The van der Waals surface area contributed by atoms with E-state index >= 15 is 0 Å². The Kier molecular flexibility index (Phi) is 5.18. The molecule has 3 rings (SSSR count). The van der Waals surface area contributed by atoms with Crippen LogP contribution in [0.2, 0.25) is 0 Å². The molecule has 0 aliphatic carbocycles. The smallest absolute Gasteiger partial charge is 0.223 e. The monoisotopic (exact) mass is 357 g/mol. The Hall–Kier alpha value is -2.54. The van der Waals surface area contributed by atoms with Crippen LogP contribution in [-0.2, 0) is 30.7 Å². The van der Waals surface area contributed by atoms with Gasteiger partial charge in [0.25, 0.3) is 0 Å². The SMILES string of the molecule is CC(C)(Cc1nc2c(c(NCc3cccc(F)c3)n1)CNCC2)C(N)=O. The molecule has 6 nitrogen and oxygen atoms in total. The number of carbonyl (C=O) groups is 1. The highest BCUT2D eigenvalue weighted by atomic mass is 19.1. The lowest BCUT2D eigenvalue weighted by Crippen LogP contribution is -2.34. The fraction of sp³-hybridized carbons (Fsp3) is 0.421. The van der Waals surface area contributed by atoms with Crippen molar-refractivity contribution in [2.45, 2.75) is 39.8 Å². The van der Waals surface area contributed by atoms with Crippen molar-refractivity contribution in [2.24, 2.45) is 11.1 Å². The molecule has 4 N–H and O–H groups in total. The first-order chi connectivity index (χ1) is 12.3. The summed E-state index contributed by atoms with van der Waals surface area (Å²) in [6.07, 6.45) is 1.17. The standard InChI is InChI=1S/C19H24FN5O/c1-19(2,18(21)26)9-16-24-15-6-7-22-11-14(15)17(25-16)23-10-12-4-3-5-13(20)8-12/h3-5,8,22H,6-7,9-11H2,1-2H3,(H2,21,26)(H,23,24,25). The van der Waals surface area contributed by atoms with E-state index in [1.165, 1.54) is 12.1 Å². The molecule has 0 saturated heterocycles. The lowest BCUT2D eigenvalue weighted by molar-refractivity contribution is -0.126. The van der Waals surface area contributed by atoms with Gasteiger partial charge in [-0.1, -0.05) is 26.0 Å². The van der Waals surface area contributed by atoms with Crippen molar-refractivity contribution in [3.05, 3.63) is 52.7 Å². The zero-order valence-electron chi connectivity index (χ0n) is 15.1. The molecule has 0 fully saturated rings. The second kappa shape index (κ2) is 7.37. The van der Waals surface area contributed by atoms with Crippen molar-refractivity contribution >= 4 is 11.7 Å². The Morgan fingerprint density at radius 3 is 2.92 bits per heavy atom. The molecule has 138 valence electrons. The van der Waals surface area contributed by atoms with Gasteiger partial charge >= 0.3 is 0 Å². The summed E-state index contributed by atoms with van der Waals surface area (Å²) in [5.41, 5.74) is 7.60. The first-order valence-electron chi connectivity index (χ1n) is 8.73. The van der Waals surface area contributed by atoms with Gasteiger partial charge in [-0.05, 0) is 17.7 Å². The number of halogens is 1. The predicted molar refractivity (Wildman–Crippen MR) is 97.8 cm³/mol. The molecular weight excluding hydrogens is 333 g/mol. The number of benzene rings is 1. The molecule has 0 atom stereocenters. The molecule has 26 heavy (non-hydrogen) atoms. The largest absolute Gasteiger partial charge is 0.369 e. The number of nitrogens with two attached hydrogens (primary N) is 1. The predicted octanol–water partition coefficient (Wildman–Crippen LogP) is 1.93. The molecule has 1 amide bonds. The van der Waals surface area contributed by atoms with Gasteiger partial charge in [0, 0.05) is 38.0 Å². The number of amides is 1. The number of aromatic nitrogens is 2. The Balaban J connectivity index is 1.87. The molecule has 1 aliphatic heterocycles. The summed E-state index contributed by atoms with van der Waals surface area (Å²) in [5, 5.41) is 6.62. The molecule has 7 heteroatoms. The first kappa shape index (κ1) is 18.3. The maximum Gasteiger partial charge on any atom is 0.223 e. The molecular formula is C19H24FN5O. The minimum atomic E-state index is -0.721. The lowest BCUT2D eigenvalue weighted by Gasteiger charge is -2.24. The minimum Gasteiger partial charge on any atom is -0.369 e. The molecule has 1 aromatic carbocycles. The number of nitrogens with zero attached hydrogens (tertiary/aromatic N) is 2. The van der Waals surface area contributed by atoms with E-state index in [-0.39, 0.29) is 11.7 Å². The summed E-state index contributed by atoms with van der Waals surface area (Å²) in [6.45, 7) is 5.57. The quantitative estimate of drug-likeness (QED) is 0.735. The number of rotatable bonds is 6. The third-order valence-electron chi connectivity index (χ3n) is 4.60. The van der Waals surface area contributed by atoms with Gasteiger partial charge in [-0.15, -0.1) is 0 Å². The van der Waals surface area contributed by atoms with Gasteiger partial charge in [0.15, 0.2) is 0 Å². The van der Waals surface area contributed by atoms with E-state index < -0.39 is 5.41 Å². The highest BCUT2D eigenvalue weighted by Gasteiger charge is 2.28. The van der Waals surface area contributed by atoms with Crippen molar-refractivity contribution < 1.29 is 9.18 Å². The Labute approximate surface area is 152 Å². The number of carbonyl (C=O) groups excluding carboxylic acids is 1. The molecule has 1 aliphatic rings. The van der Waals surface area contributed by atoms with E-state index in [0.29, 0.717) is 25.3 Å². The summed E-state index contributed by atoms with van der Waals surface area (Å²) in [4.78, 5) is 20.9. The number of nitrogens with one attached hydrogen (secondary N) is 2. The average Bonchev–Trinajstić information content (AvgIpc) is 2.59. The molecule has 2 heterocycles. The second-order valence-corrected chi connectivity index (χ2v) is 7.25. The van der Waals surface area contributed by atoms with Gasteiger partial charge in [-0.2, -0.15) is 0 Å². The number of primary amides is 1. The third kappa shape index (κ3) is 4.16. The van der Waals surface area contributed by atoms with Crippen LogP contribution in [0, 0.1) is 11.2 Å².